The van der Waals surface area contributed by atoms with Gasteiger partial charge in [-0.1, -0.05) is 29.8 Å². The van der Waals surface area contributed by atoms with Crippen molar-refractivity contribution in [1.29, 1.82) is 0 Å². The first kappa shape index (κ1) is 30.5. The van der Waals surface area contributed by atoms with Crippen molar-refractivity contribution in [3.05, 3.63) is 69.8 Å². The quantitative estimate of drug-likeness (QED) is 0.435. The van der Waals surface area contributed by atoms with Gasteiger partial charge < -0.3 is 11.1 Å². The lowest BCUT2D eigenvalue weighted by Crippen LogP contribution is -2.54. The van der Waals surface area contributed by atoms with E-state index in [-0.39, 0.29) is 38.8 Å². The molecule has 39 heavy (non-hydrogen) atoms. The van der Waals surface area contributed by atoms with Crippen molar-refractivity contribution < 1.29 is 35.9 Å². The largest absolute Gasteiger partial charge is 0.435 e. The molecule has 3 atom stereocenters. The molecule has 3 rings (SSSR count). The molecule has 2 amide bonds. The molecule has 0 saturated heterocycles. The Hall–Kier alpha value is -3.00. The van der Waals surface area contributed by atoms with Gasteiger partial charge in [-0.2, -0.15) is 43.2 Å². The summed E-state index contributed by atoms with van der Waals surface area (Å²) in [6.07, 6.45) is -4.04. The van der Waals surface area contributed by atoms with Crippen LogP contribution in [0, 0.1) is 12.8 Å². The van der Waals surface area contributed by atoms with E-state index in [4.69, 9.17) is 17.3 Å². The van der Waals surface area contributed by atoms with E-state index in [1.54, 1.807) is 6.92 Å². The minimum Gasteiger partial charge on any atom is -0.369 e. The molecule has 2 aromatic rings. The summed E-state index contributed by atoms with van der Waals surface area (Å²) in [6, 6.07) is 2.22. The van der Waals surface area contributed by atoms with Crippen LogP contribution in [0.15, 0.2) is 41.5 Å². The number of nitrogens with two attached hydrogens (primary N) is 1. The second-order valence-electron chi connectivity index (χ2n) is 8.95. The summed E-state index contributed by atoms with van der Waals surface area (Å²) in [7, 11) is 0. The minimum atomic E-state index is -5.11. The third kappa shape index (κ3) is 6.26. The van der Waals surface area contributed by atoms with Gasteiger partial charge >= 0.3 is 12.4 Å². The highest BCUT2D eigenvalue weighted by Gasteiger charge is 2.51. The van der Waals surface area contributed by atoms with E-state index in [1.807, 2.05) is 6.26 Å². The monoisotopic (exact) mass is 595 g/mol. The number of amides is 2. The highest BCUT2D eigenvalue weighted by Crippen LogP contribution is 2.44. The zero-order valence-corrected chi connectivity index (χ0v) is 22.4. The fourth-order valence-corrected chi connectivity index (χ4v) is 5.38. The second-order valence-corrected chi connectivity index (χ2v) is 10.3. The number of allylic oxidation sites excluding steroid dienone is 2. The van der Waals surface area contributed by atoms with E-state index in [9.17, 15) is 35.9 Å². The SMILES string of the molecule is CSC[C@H](C)NC(=O)C1C(Cl)=CC=CC1(C(N)=O)c1ccc(Cn2nc(C(F)(F)F)cc2C(F)(F)F)nc1C. The smallest absolute Gasteiger partial charge is 0.369 e. The van der Waals surface area contributed by atoms with E-state index in [0.717, 1.165) is 0 Å². The van der Waals surface area contributed by atoms with Crippen LogP contribution < -0.4 is 11.1 Å². The number of carbonyl (C=O) groups is 2. The summed E-state index contributed by atoms with van der Waals surface area (Å²) in [5.41, 5.74) is 0.915. The van der Waals surface area contributed by atoms with Crippen LogP contribution in [-0.2, 0) is 33.9 Å². The summed E-state index contributed by atoms with van der Waals surface area (Å²) >= 11 is 7.91. The molecule has 0 aromatic carbocycles. The first-order valence-corrected chi connectivity index (χ1v) is 13.1. The maximum Gasteiger partial charge on any atom is 0.435 e. The minimum absolute atomic E-state index is 0.0275. The van der Waals surface area contributed by atoms with Crippen molar-refractivity contribution >= 4 is 35.2 Å². The molecule has 1 aliphatic carbocycles. The lowest BCUT2D eigenvalue weighted by molar-refractivity contribution is -0.144. The van der Waals surface area contributed by atoms with E-state index in [0.29, 0.717) is 5.75 Å². The molecular formula is C24H24ClF6N5O2S. The van der Waals surface area contributed by atoms with Gasteiger partial charge in [0.1, 0.15) is 11.1 Å². The van der Waals surface area contributed by atoms with Crippen LogP contribution in [0.25, 0.3) is 0 Å². The van der Waals surface area contributed by atoms with Crippen LogP contribution in [0.3, 0.4) is 0 Å². The van der Waals surface area contributed by atoms with Crippen molar-refractivity contribution in [3.8, 4) is 0 Å². The topological polar surface area (TPSA) is 103 Å². The molecule has 15 heteroatoms. The highest BCUT2D eigenvalue weighted by atomic mass is 35.5. The van der Waals surface area contributed by atoms with Crippen LogP contribution in [0.1, 0.15) is 35.3 Å². The van der Waals surface area contributed by atoms with Gasteiger partial charge in [0.15, 0.2) is 5.69 Å². The molecule has 0 fully saturated rings. The van der Waals surface area contributed by atoms with Gasteiger partial charge in [0.05, 0.1) is 18.2 Å². The lowest BCUT2D eigenvalue weighted by Gasteiger charge is -2.38. The Morgan fingerprint density at radius 1 is 1.23 bits per heavy atom. The Balaban J connectivity index is 2.06. The normalized spacial score (nSPS) is 20.5. The van der Waals surface area contributed by atoms with Crippen LogP contribution >= 0.6 is 23.4 Å². The summed E-state index contributed by atoms with van der Waals surface area (Å²) in [5.74, 6) is -2.19. The van der Waals surface area contributed by atoms with E-state index in [2.05, 4.69) is 15.4 Å². The number of rotatable bonds is 8. The molecule has 0 radical (unpaired) electrons. The van der Waals surface area contributed by atoms with Gasteiger partial charge in [-0.25, -0.2) is 0 Å². The number of primary amides is 1. The van der Waals surface area contributed by atoms with E-state index < -0.39 is 53.4 Å². The number of alkyl halides is 6. The number of aromatic nitrogens is 3. The summed E-state index contributed by atoms with van der Waals surface area (Å²) in [5, 5.41) is 5.91. The number of carbonyl (C=O) groups excluding carboxylic acids is 2. The zero-order chi connectivity index (χ0) is 29.3. The molecule has 0 bridgehead atoms. The highest BCUT2D eigenvalue weighted by molar-refractivity contribution is 7.98. The van der Waals surface area contributed by atoms with Crippen LogP contribution in [-0.4, -0.2) is 44.6 Å². The molecule has 3 N–H and O–H groups in total. The molecule has 0 spiro atoms. The van der Waals surface area contributed by atoms with Crippen molar-refractivity contribution in [2.45, 2.75) is 44.2 Å². The number of aryl methyl sites for hydroxylation is 1. The van der Waals surface area contributed by atoms with E-state index >= 15 is 0 Å². The maximum absolute atomic E-state index is 13.4. The summed E-state index contributed by atoms with van der Waals surface area (Å²) < 4.78 is 79.5. The molecule has 2 aromatic heterocycles. The van der Waals surface area contributed by atoms with Crippen LogP contribution in [0.5, 0.6) is 0 Å². The second kappa shape index (κ2) is 11.2. The molecule has 0 aliphatic heterocycles. The summed E-state index contributed by atoms with van der Waals surface area (Å²) in [4.78, 5) is 30.5. The number of hydrogen-bond acceptors (Lipinski definition) is 5. The fraction of sp³-hybridized carbons (Fsp3) is 0.417. The molecular weight excluding hydrogens is 572 g/mol. The van der Waals surface area contributed by atoms with Crippen LogP contribution in [0.2, 0.25) is 0 Å². The predicted molar refractivity (Wildman–Crippen MR) is 134 cm³/mol. The van der Waals surface area contributed by atoms with Crippen molar-refractivity contribution in [2.24, 2.45) is 11.7 Å². The van der Waals surface area contributed by atoms with Crippen molar-refractivity contribution in [3.63, 3.8) is 0 Å². The number of pyridine rings is 1. The molecule has 2 heterocycles. The van der Waals surface area contributed by atoms with Gasteiger partial charge in [0.25, 0.3) is 0 Å². The Morgan fingerprint density at radius 2 is 1.90 bits per heavy atom. The summed E-state index contributed by atoms with van der Waals surface area (Å²) in [6.45, 7) is 2.46. The number of hydrogen-bond donors (Lipinski definition) is 2. The van der Waals surface area contributed by atoms with Gasteiger partial charge in [-0.05, 0) is 37.8 Å². The Morgan fingerprint density at radius 3 is 2.44 bits per heavy atom. The van der Waals surface area contributed by atoms with E-state index in [1.165, 1.54) is 49.0 Å². The lowest BCUT2D eigenvalue weighted by atomic mass is 9.66. The number of nitrogens with one attached hydrogen (secondary N) is 1. The molecule has 212 valence electrons. The third-order valence-corrected chi connectivity index (χ3v) is 7.26. The standard InChI is InChI=1S/C24H24ClF6N5O2S/c1-12(11-39-3)33-20(37)19-16(25)5-4-8-22(19,21(32)38)15-7-6-14(34-13(15)2)10-36-18(24(29,30)31)9-17(35-36)23(26,27)28/h4-9,12,19H,10-11H2,1-3H3,(H2,32,38)(H,33,37)/t12-,19?,22?/m0/s1. The van der Waals surface area contributed by atoms with Crippen molar-refractivity contribution in [2.75, 3.05) is 12.0 Å². The van der Waals surface area contributed by atoms with Gasteiger partial charge in [0, 0.05) is 28.6 Å². The maximum atomic E-state index is 13.4. The third-order valence-electron chi connectivity index (χ3n) is 6.08. The van der Waals surface area contributed by atoms with Gasteiger partial charge in [-0.15, -0.1) is 0 Å². The number of thioether (sulfide) groups is 1. The number of nitrogens with zero attached hydrogens (tertiary/aromatic N) is 3. The van der Waals surface area contributed by atoms with Crippen LogP contribution in [0.4, 0.5) is 26.3 Å². The number of halogens is 7. The Labute approximate surface area is 228 Å². The fourth-order valence-electron chi connectivity index (χ4n) is 4.45. The van der Waals surface area contributed by atoms with Gasteiger partial charge in [-0.3, -0.25) is 19.3 Å². The first-order valence-electron chi connectivity index (χ1n) is 11.4. The molecule has 7 nitrogen and oxygen atoms in total. The van der Waals surface area contributed by atoms with Crippen molar-refractivity contribution in [1.82, 2.24) is 20.1 Å². The Kier molecular flexibility index (Phi) is 8.80. The average Bonchev–Trinajstić information content (AvgIpc) is 3.24. The molecule has 2 unspecified atom stereocenters. The van der Waals surface area contributed by atoms with Gasteiger partial charge in [0.2, 0.25) is 11.8 Å². The zero-order valence-electron chi connectivity index (χ0n) is 20.8. The molecule has 0 saturated carbocycles. The average molecular weight is 596 g/mol. The first-order chi connectivity index (χ1) is 18.0. The molecule has 1 aliphatic rings. The Bertz CT molecular complexity index is 1320. The predicted octanol–water partition coefficient (Wildman–Crippen LogP) is 4.57.